The molecule has 2 aromatic heterocycles. The van der Waals surface area contributed by atoms with Gasteiger partial charge in [0.05, 0.1) is 15.7 Å². The Hall–Kier alpha value is -1.96. The van der Waals surface area contributed by atoms with Crippen molar-refractivity contribution < 1.29 is 9.34 Å². The van der Waals surface area contributed by atoms with E-state index in [0.29, 0.717) is 28.4 Å². The van der Waals surface area contributed by atoms with Crippen LogP contribution >= 0.6 is 15.9 Å². The van der Waals surface area contributed by atoms with Crippen LogP contribution in [0.5, 0.6) is 0 Å². The summed E-state index contributed by atoms with van der Waals surface area (Å²) in [5, 5.41) is 14.2. The summed E-state index contributed by atoms with van der Waals surface area (Å²) in [5.41, 5.74) is 0.308. The Morgan fingerprint density at radius 3 is 2.80 bits per heavy atom. The zero-order valence-electron chi connectivity index (χ0n) is 11.0. The molecule has 1 N–H and O–H groups in total. The van der Waals surface area contributed by atoms with Crippen LogP contribution in [0, 0.1) is 17.0 Å². The van der Waals surface area contributed by atoms with Crippen LogP contribution in [0.2, 0.25) is 0 Å². The van der Waals surface area contributed by atoms with Gasteiger partial charge in [-0.05, 0) is 35.3 Å². The van der Waals surface area contributed by atoms with Crippen LogP contribution in [-0.4, -0.2) is 21.4 Å². The summed E-state index contributed by atoms with van der Waals surface area (Å²) in [7, 11) is 0. The number of nitro groups is 1. The second-order valence-electron chi connectivity index (χ2n) is 4.11. The Morgan fingerprint density at radius 2 is 2.25 bits per heavy atom. The van der Waals surface area contributed by atoms with Gasteiger partial charge in [-0.3, -0.25) is 10.1 Å². The average Bonchev–Trinajstić information content (AvgIpc) is 2.81. The fourth-order valence-corrected chi connectivity index (χ4v) is 2.11. The van der Waals surface area contributed by atoms with Gasteiger partial charge in [0.1, 0.15) is 5.69 Å². The minimum atomic E-state index is -0.497. The van der Waals surface area contributed by atoms with Crippen molar-refractivity contribution in [1.29, 1.82) is 0 Å². The van der Waals surface area contributed by atoms with Gasteiger partial charge in [-0.15, -0.1) is 0 Å². The third kappa shape index (κ3) is 2.79. The second-order valence-corrected chi connectivity index (χ2v) is 4.97. The van der Waals surface area contributed by atoms with E-state index in [-0.39, 0.29) is 11.4 Å². The molecular formula is C12H13BrN4O3. The molecule has 0 amide bonds. The third-order valence-electron chi connectivity index (χ3n) is 2.61. The Labute approximate surface area is 123 Å². The number of aryl methyl sites for hydroxylation is 1. The van der Waals surface area contributed by atoms with Crippen molar-refractivity contribution in [2.75, 3.05) is 11.9 Å². The molecule has 0 radical (unpaired) electrons. The fourth-order valence-electron chi connectivity index (χ4n) is 1.72. The summed E-state index contributed by atoms with van der Waals surface area (Å²) in [4.78, 5) is 19.0. The summed E-state index contributed by atoms with van der Waals surface area (Å²) in [5.74, 6) is 0.676. The van der Waals surface area contributed by atoms with Crippen LogP contribution in [-0.2, 0) is 0 Å². The highest BCUT2D eigenvalue weighted by Crippen LogP contribution is 2.36. The van der Waals surface area contributed by atoms with Gasteiger partial charge in [0.15, 0.2) is 11.5 Å². The molecule has 2 rings (SSSR count). The van der Waals surface area contributed by atoms with Crippen molar-refractivity contribution in [2.24, 2.45) is 0 Å². The van der Waals surface area contributed by atoms with Crippen molar-refractivity contribution >= 4 is 27.6 Å². The molecule has 0 atom stereocenters. The zero-order valence-corrected chi connectivity index (χ0v) is 12.6. The lowest BCUT2D eigenvalue weighted by atomic mass is 10.2. The summed E-state index contributed by atoms with van der Waals surface area (Å²) in [6.45, 7) is 4.28. The van der Waals surface area contributed by atoms with E-state index >= 15 is 0 Å². The Morgan fingerprint density at radius 1 is 1.50 bits per heavy atom. The van der Waals surface area contributed by atoms with E-state index in [1.54, 1.807) is 13.0 Å². The van der Waals surface area contributed by atoms with E-state index in [4.69, 9.17) is 4.42 Å². The predicted molar refractivity (Wildman–Crippen MR) is 77.6 cm³/mol. The zero-order chi connectivity index (χ0) is 14.7. The summed E-state index contributed by atoms with van der Waals surface area (Å²) < 4.78 is 5.90. The minimum Gasteiger partial charge on any atom is -0.461 e. The minimum absolute atomic E-state index is 0.150. The molecule has 2 heterocycles. The molecule has 2 aromatic rings. The lowest BCUT2D eigenvalue weighted by Gasteiger charge is -2.07. The quantitative estimate of drug-likeness (QED) is 0.660. The number of rotatable bonds is 5. The van der Waals surface area contributed by atoms with Gasteiger partial charge >= 0.3 is 5.69 Å². The van der Waals surface area contributed by atoms with Crippen LogP contribution in [0.15, 0.2) is 21.2 Å². The molecule has 20 heavy (non-hydrogen) atoms. The molecule has 0 aliphatic heterocycles. The van der Waals surface area contributed by atoms with Crippen molar-refractivity contribution in [3.8, 4) is 11.5 Å². The number of nitrogens with one attached hydrogen (secondary N) is 1. The van der Waals surface area contributed by atoms with Gasteiger partial charge in [-0.1, -0.05) is 6.92 Å². The smallest absolute Gasteiger partial charge is 0.319 e. The first-order chi connectivity index (χ1) is 9.54. The Balaban J connectivity index is 2.59. The van der Waals surface area contributed by atoms with Crippen LogP contribution < -0.4 is 5.32 Å². The van der Waals surface area contributed by atoms with Gasteiger partial charge < -0.3 is 9.73 Å². The van der Waals surface area contributed by atoms with Gasteiger partial charge in [-0.2, -0.15) is 0 Å². The Kier molecular flexibility index (Phi) is 4.33. The standard InChI is InChI=1S/C12H13BrN4O3/c1-3-5-14-12-15-7(2)10(17(18)19)9(16-12)11-8(13)4-6-20-11/h4,6H,3,5H2,1-2H3,(H,14,15,16). The largest absolute Gasteiger partial charge is 0.461 e. The fraction of sp³-hybridized carbons (Fsp3) is 0.333. The molecule has 0 aliphatic rings. The lowest BCUT2D eigenvalue weighted by Crippen LogP contribution is -2.08. The SMILES string of the molecule is CCCNc1nc(C)c([N+](=O)[O-])c(-c2occc2Br)n1. The maximum Gasteiger partial charge on any atom is 0.319 e. The summed E-state index contributed by atoms with van der Waals surface area (Å²) in [6.07, 6.45) is 2.35. The molecule has 106 valence electrons. The maximum absolute atomic E-state index is 11.2. The first-order valence-corrected chi connectivity index (χ1v) is 6.84. The van der Waals surface area contributed by atoms with Crippen molar-refractivity contribution in [3.05, 3.63) is 32.6 Å². The van der Waals surface area contributed by atoms with Crippen LogP contribution in [0.25, 0.3) is 11.5 Å². The van der Waals surface area contributed by atoms with Crippen LogP contribution in [0.3, 0.4) is 0 Å². The van der Waals surface area contributed by atoms with Crippen molar-refractivity contribution in [3.63, 3.8) is 0 Å². The van der Waals surface area contributed by atoms with E-state index < -0.39 is 4.92 Å². The molecular weight excluding hydrogens is 328 g/mol. The van der Waals surface area contributed by atoms with Crippen molar-refractivity contribution in [1.82, 2.24) is 9.97 Å². The summed E-state index contributed by atoms with van der Waals surface area (Å²) in [6, 6.07) is 1.66. The van der Waals surface area contributed by atoms with E-state index in [2.05, 4.69) is 31.2 Å². The third-order valence-corrected chi connectivity index (χ3v) is 3.23. The first-order valence-electron chi connectivity index (χ1n) is 6.04. The van der Waals surface area contributed by atoms with Gasteiger partial charge in [0.2, 0.25) is 5.95 Å². The van der Waals surface area contributed by atoms with Crippen LogP contribution in [0.4, 0.5) is 11.6 Å². The number of hydrogen-bond acceptors (Lipinski definition) is 6. The average molecular weight is 341 g/mol. The monoisotopic (exact) mass is 340 g/mol. The number of halogens is 1. The Bertz CT molecular complexity index is 642. The van der Waals surface area contributed by atoms with Gasteiger partial charge in [0, 0.05) is 6.54 Å². The first kappa shape index (κ1) is 14.4. The molecule has 0 bridgehead atoms. The number of furan rings is 1. The highest BCUT2D eigenvalue weighted by atomic mass is 79.9. The van der Waals surface area contributed by atoms with E-state index in [0.717, 1.165) is 6.42 Å². The van der Waals surface area contributed by atoms with E-state index in [1.807, 2.05) is 6.92 Å². The van der Waals surface area contributed by atoms with Crippen LogP contribution in [0.1, 0.15) is 19.0 Å². The van der Waals surface area contributed by atoms with Gasteiger partial charge in [-0.25, -0.2) is 9.97 Å². The van der Waals surface area contributed by atoms with Crippen molar-refractivity contribution in [2.45, 2.75) is 20.3 Å². The molecule has 0 saturated carbocycles. The lowest BCUT2D eigenvalue weighted by molar-refractivity contribution is -0.385. The topological polar surface area (TPSA) is 94.1 Å². The van der Waals surface area contributed by atoms with Gasteiger partial charge in [0.25, 0.3) is 0 Å². The number of aromatic nitrogens is 2. The molecule has 0 aliphatic carbocycles. The molecule has 0 fully saturated rings. The molecule has 0 unspecified atom stereocenters. The normalized spacial score (nSPS) is 10.6. The van der Waals surface area contributed by atoms with E-state index in [1.165, 1.54) is 6.26 Å². The molecule has 0 saturated heterocycles. The van der Waals surface area contributed by atoms with E-state index in [9.17, 15) is 10.1 Å². The number of anilines is 1. The number of nitrogens with zero attached hydrogens (tertiary/aromatic N) is 3. The second kappa shape index (κ2) is 6.00. The molecule has 0 spiro atoms. The highest BCUT2D eigenvalue weighted by Gasteiger charge is 2.26. The predicted octanol–water partition coefficient (Wildman–Crippen LogP) is 3.54. The highest BCUT2D eigenvalue weighted by molar-refractivity contribution is 9.10. The molecule has 7 nitrogen and oxygen atoms in total. The summed E-state index contributed by atoms with van der Waals surface area (Å²) >= 11 is 3.29. The molecule has 0 aromatic carbocycles. The molecule has 8 heteroatoms. The number of hydrogen-bond donors (Lipinski definition) is 1. The maximum atomic E-state index is 11.2.